The molecule has 0 saturated carbocycles. The lowest BCUT2D eigenvalue weighted by Crippen LogP contribution is -2.53. The van der Waals surface area contributed by atoms with E-state index in [-0.39, 0.29) is 18.5 Å². The first-order chi connectivity index (χ1) is 13.8. The molecule has 156 valence electrons. The molecule has 29 heavy (non-hydrogen) atoms. The van der Waals surface area contributed by atoms with Crippen LogP contribution in [0.2, 0.25) is 5.02 Å². The summed E-state index contributed by atoms with van der Waals surface area (Å²) in [4.78, 5) is 16.7. The van der Waals surface area contributed by atoms with Gasteiger partial charge in [-0.2, -0.15) is 13.2 Å². The van der Waals surface area contributed by atoms with Gasteiger partial charge in [0.25, 0.3) is 0 Å². The van der Waals surface area contributed by atoms with Crippen LogP contribution in [0.1, 0.15) is 18.1 Å². The minimum atomic E-state index is -4.39. The molecular weight excluding hydrogens is 403 g/mol. The van der Waals surface area contributed by atoms with E-state index in [1.165, 1.54) is 6.07 Å². The van der Waals surface area contributed by atoms with Crippen molar-refractivity contribution in [3.05, 3.63) is 64.7 Å². The molecule has 1 amide bonds. The summed E-state index contributed by atoms with van der Waals surface area (Å²) in [5, 5.41) is 3.45. The number of piperazine rings is 1. The van der Waals surface area contributed by atoms with Crippen LogP contribution in [-0.4, -0.2) is 43.0 Å². The molecular formula is C21H23ClF3N3O. The number of amides is 1. The van der Waals surface area contributed by atoms with Gasteiger partial charge in [0.15, 0.2) is 0 Å². The first kappa shape index (κ1) is 21.5. The lowest BCUT2D eigenvalue weighted by Gasteiger charge is -2.38. The second kappa shape index (κ2) is 9.05. The Morgan fingerprint density at radius 2 is 1.79 bits per heavy atom. The van der Waals surface area contributed by atoms with Crippen molar-refractivity contribution in [2.45, 2.75) is 25.7 Å². The number of carbonyl (C=O) groups is 1. The topological polar surface area (TPSA) is 35.6 Å². The van der Waals surface area contributed by atoms with Gasteiger partial charge in [0, 0.05) is 32.7 Å². The molecule has 1 saturated heterocycles. The van der Waals surface area contributed by atoms with E-state index in [0.29, 0.717) is 23.7 Å². The summed E-state index contributed by atoms with van der Waals surface area (Å²) in [6.07, 6.45) is -4.39. The van der Waals surface area contributed by atoms with Gasteiger partial charge in [-0.15, -0.1) is 0 Å². The van der Waals surface area contributed by atoms with Gasteiger partial charge in [-0.3, -0.25) is 9.69 Å². The average Bonchev–Trinajstić information content (AvgIpc) is 2.71. The van der Waals surface area contributed by atoms with E-state index in [9.17, 15) is 18.0 Å². The van der Waals surface area contributed by atoms with Crippen LogP contribution in [0.4, 0.5) is 18.9 Å². The normalized spacial score (nSPS) is 16.5. The minimum Gasteiger partial charge on any atom is -0.368 e. The van der Waals surface area contributed by atoms with Gasteiger partial charge >= 0.3 is 6.18 Å². The Morgan fingerprint density at radius 3 is 2.45 bits per heavy atom. The van der Waals surface area contributed by atoms with Gasteiger partial charge in [-0.25, -0.2) is 0 Å². The Hall–Kier alpha value is -2.25. The Morgan fingerprint density at radius 1 is 1.10 bits per heavy atom. The number of rotatable bonds is 5. The highest BCUT2D eigenvalue weighted by Gasteiger charge is 2.30. The zero-order valence-electron chi connectivity index (χ0n) is 16.0. The number of alkyl halides is 3. The molecule has 0 spiro atoms. The first-order valence-electron chi connectivity index (χ1n) is 9.43. The van der Waals surface area contributed by atoms with Gasteiger partial charge in [0.05, 0.1) is 22.3 Å². The van der Waals surface area contributed by atoms with Crippen molar-refractivity contribution < 1.29 is 18.0 Å². The van der Waals surface area contributed by atoms with Gasteiger partial charge < -0.3 is 10.2 Å². The lowest BCUT2D eigenvalue weighted by molar-refractivity contribution is -0.137. The number of halogens is 4. The predicted molar refractivity (Wildman–Crippen MR) is 108 cm³/mol. The highest BCUT2D eigenvalue weighted by molar-refractivity contribution is 6.33. The highest BCUT2D eigenvalue weighted by atomic mass is 35.5. The van der Waals surface area contributed by atoms with E-state index in [0.717, 1.165) is 30.9 Å². The molecule has 1 N–H and O–H groups in total. The zero-order valence-corrected chi connectivity index (χ0v) is 16.8. The summed E-state index contributed by atoms with van der Waals surface area (Å²) in [7, 11) is 0. The molecule has 1 unspecified atom stereocenters. The summed E-state index contributed by atoms with van der Waals surface area (Å²) in [5.74, 6) is -0.200. The molecule has 1 heterocycles. The van der Waals surface area contributed by atoms with E-state index in [1.807, 2.05) is 31.2 Å². The number of para-hydroxylation sites is 1. The number of carbonyl (C=O) groups excluding carboxylic acids is 1. The molecule has 1 fully saturated rings. The van der Waals surface area contributed by atoms with Crippen LogP contribution < -0.4 is 10.2 Å². The van der Waals surface area contributed by atoms with Crippen LogP contribution in [0.5, 0.6) is 0 Å². The fraction of sp³-hybridized carbons (Fsp3) is 0.381. The van der Waals surface area contributed by atoms with Crippen LogP contribution in [0.3, 0.4) is 0 Å². The summed E-state index contributed by atoms with van der Waals surface area (Å²) in [6, 6.07) is 12.3. The van der Waals surface area contributed by atoms with Crippen LogP contribution >= 0.6 is 11.6 Å². The molecule has 0 bridgehead atoms. The van der Waals surface area contributed by atoms with Crippen LogP contribution in [0.15, 0.2) is 48.5 Å². The molecule has 1 atom stereocenters. The third-order valence-corrected chi connectivity index (χ3v) is 5.48. The van der Waals surface area contributed by atoms with Crippen LogP contribution in [0, 0.1) is 0 Å². The highest BCUT2D eigenvalue weighted by Crippen LogP contribution is 2.29. The summed E-state index contributed by atoms with van der Waals surface area (Å²) >= 11 is 6.26. The number of nitrogens with zero attached hydrogens (tertiary/aromatic N) is 2. The third-order valence-electron chi connectivity index (χ3n) is 5.16. The van der Waals surface area contributed by atoms with Crippen LogP contribution in [-0.2, 0) is 17.5 Å². The Bertz CT molecular complexity index is 851. The van der Waals surface area contributed by atoms with Crippen LogP contribution in [0.25, 0.3) is 0 Å². The molecule has 8 heteroatoms. The van der Waals surface area contributed by atoms with Crippen molar-refractivity contribution in [2.75, 3.05) is 31.1 Å². The standard InChI is InChI=1S/C21H23ClF3N3O/c1-15(20(29)26-14-16-5-4-6-17(13-16)21(23,24)25)27-9-11-28(12-10-27)19-8-3-2-7-18(19)22/h2-8,13,15H,9-12,14H2,1H3,(H,26,29). The molecule has 0 radical (unpaired) electrons. The van der Waals surface area contributed by atoms with E-state index < -0.39 is 11.7 Å². The van der Waals surface area contributed by atoms with Gasteiger partial charge in [-0.05, 0) is 36.8 Å². The van der Waals surface area contributed by atoms with Crippen molar-refractivity contribution in [1.82, 2.24) is 10.2 Å². The van der Waals surface area contributed by atoms with Crippen molar-refractivity contribution in [1.29, 1.82) is 0 Å². The van der Waals surface area contributed by atoms with E-state index in [1.54, 1.807) is 6.07 Å². The lowest BCUT2D eigenvalue weighted by atomic mass is 10.1. The van der Waals surface area contributed by atoms with Gasteiger partial charge in [-0.1, -0.05) is 35.9 Å². The number of benzene rings is 2. The summed E-state index contributed by atoms with van der Waals surface area (Å²) in [5.41, 5.74) is 0.687. The Balaban J connectivity index is 1.52. The molecule has 1 aliphatic heterocycles. The maximum Gasteiger partial charge on any atom is 0.416 e. The fourth-order valence-electron chi connectivity index (χ4n) is 3.42. The predicted octanol–water partition coefficient (Wildman–Crippen LogP) is 4.19. The fourth-order valence-corrected chi connectivity index (χ4v) is 3.67. The summed E-state index contributed by atoms with van der Waals surface area (Å²) < 4.78 is 38.4. The third kappa shape index (κ3) is 5.42. The Kier molecular flexibility index (Phi) is 6.70. The summed E-state index contributed by atoms with van der Waals surface area (Å²) in [6.45, 7) is 4.76. The number of hydrogen-bond acceptors (Lipinski definition) is 3. The maximum absolute atomic E-state index is 12.8. The van der Waals surface area contributed by atoms with Crippen molar-refractivity contribution >= 4 is 23.2 Å². The second-order valence-electron chi connectivity index (χ2n) is 7.07. The van der Waals surface area contributed by atoms with Crippen molar-refractivity contribution in [2.24, 2.45) is 0 Å². The molecule has 0 aromatic heterocycles. The van der Waals surface area contributed by atoms with Gasteiger partial charge in [0.2, 0.25) is 5.91 Å². The molecule has 2 aromatic carbocycles. The first-order valence-corrected chi connectivity index (χ1v) is 9.81. The second-order valence-corrected chi connectivity index (χ2v) is 7.47. The maximum atomic E-state index is 12.8. The van der Waals surface area contributed by atoms with Gasteiger partial charge in [0.1, 0.15) is 0 Å². The molecule has 0 aliphatic carbocycles. The molecule has 3 rings (SSSR count). The van der Waals surface area contributed by atoms with E-state index >= 15 is 0 Å². The zero-order chi connectivity index (χ0) is 21.0. The molecule has 1 aliphatic rings. The largest absolute Gasteiger partial charge is 0.416 e. The van der Waals surface area contributed by atoms with E-state index in [4.69, 9.17) is 11.6 Å². The van der Waals surface area contributed by atoms with Crippen molar-refractivity contribution in [3.8, 4) is 0 Å². The average molecular weight is 426 g/mol. The Labute approximate surface area is 173 Å². The smallest absolute Gasteiger partial charge is 0.368 e. The van der Waals surface area contributed by atoms with E-state index in [2.05, 4.69) is 15.1 Å². The molecule has 2 aromatic rings. The molecule has 4 nitrogen and oxygen atoms in total. The van der Waals surface area contributed by atoms with Crippen molar-refractivity contribution in [3.63, 3.8) is 0 Å². The monoisotopic (exact) mass is 425 g/mol. The number of anilines is 1. The minimum absolute atomic E-state index is 0.0622. The SMILES string of the molecule is CC(C(=O)NCc1cccc(C(F)(F)F)c1)N1CCN(c2ccccc2Cl)CC1. The number of hydrogen-bond donors (Lipinski definition) is 1. The number of nitrogens with one attached hydrogen (secondary N) is 1. The quantitative estimate of drug-likeness (QED) is 0.780.